The Morgan fingerprint density at radius 2 is 1.85 bits per heavy atom. The molecule has 0 saturated carbocycles. The molecule has 2 aromatic rings. The summed E-state index contributed by atoms with van der Waals surface area (Å²) in [6, 6.07) is 12.2. The van der Waals surface area contributed by atoms with Crippen LogP contribution in [0.1, 0.15) is 22.8 Å². The first-order valence-corrected chi connectivity index (χ1v) is 9.17. The topological polar surface area (TPSA) is 42.0 Å². The molecule has 1 heterocycles. The molecule has 0 atom stereocenters. The number of carbonyl (C=O) groups is 1. The zero-order valence-corrected chi connectivity index (χ0v) is 15.8. The molecular formula is C21H25FN2O3. The Hall–Kier alpha value is -2.60. The summed E-state index contributed by atoms with van der Waals surface area (Å²) in [5, 5.41) is 0. The van der Waals surface area contributed by atoms with Crippen molar-refractivity contribution in [3.8, 4) is 5.75 Å². The minimum atomic E-state index is -0.229. The molecule has 3 rings (SSSR count). The summed E-state index contributed by atoms with van der Waals surface area (Å²) in [5.74, 6) is 0.483. The zero-order chi connectivity index (χ0) is 19.2. The van der Waals surface area contributed by atoms with Crippen LogP contribution in [0.25, 0.3) is 0 Å². The Balaban J connectivity index is 1.68. The fourth-order valence-corrected chi connectivity index (χ4v) is 3.32. The van der Waals surface area contributed by atoms with E-state index < -0.39 is 0 Å². The van der Waals surface area contributed by atoms with Gasteiger partial charge in [0.2, 0.25) is 0 Å². The third-order valence-corrected chi connectivity index (χ3v) is 4.67. The van der Waals surface area contributed by atoms with E-state index >= 15 is 0 Å². The van der Waals surface area contributed by atoms with Gasteiger partial charge in [-0.3, -0.25) is 4.79 Å². The number of benzene rings is 2. The maximum Gasteiger partial charge on any atom is 0.253 e. The number of amides is 1. The zero-order valence-electron chi connectivity index (χ0n) is 15.8. The first kappa shape index (κ1) is 19.2. The SMILES string of the molecule is CCOc1ccc(C(=O)N2CCN(c3ccccc3F)CC2)cc1COC. The minimum absolute atomic E-state index is 0.0245. The highest BCUT2D eigenvalue weighted by molar-refractivity contribution is 5.94. The standard InChI is InChI=1S/C21H25FN2O3/c1-3-27-20-9-8-16(14-17(20)15-26-2)21(25)24-12-10-23(11-13-24)19-7-5-4-6-18(19)22/h4-9,14H,3,10-13,15H2,1-2H3. The van der Waals surface area contributed by atoms with E-state index in [-0.39, 0.29) is 11.7 Å². The predicted octanol–water partition coefficient (Wildman–Crippen LogP) is 3.33. The van der Waals surface area contributed by atoms with Crippen LogP contribution in [-0.4, -0.2) is 50.7 Å². The molecule has 27 heavy (non-hydrogen) atoms. The predicted molar refractivity (Wildman–Crippen MR) is 103 cm³/mol. The number of hydrogen-bond donors (Lipinski definition) is 0. The number of anilines is 1. The van der Waals surface area contributed by atoms with Crippen LogP contribution < -0.4 is 9.64 Å². The van der Waals surface area contributed by atoms with Gasteiger partial charge in [-0.05, 0) is 37.3 Å². The van der Waals surface area contributed by atoms with E-state index in [1.54, 1.807) is 25.3 Å². The fraction of sp³-hybridized carbons (Fsp3) is 0.381. The number of carbonyl (C=O) groups excluding carboxylic acids is 1. The second-order valence-corrected chi connectivity index (χ2v) is 6.42. The summed E-state index contributed by atoms with van der Waals surface area (Å²) >= 11 is 0. The Morgan fingerprint density at radius 1 is 1.11 bits per heavy atom. The van der Waals surface area contributed by atoms with Crippen molar-refractivity contribution in [2.45, 2.75) is 13.5 Å². The van der Waals surface area contributed by atoms with Gasteiger partial charge in [-0.2, -0.15) is 0 Å². The summed E-state index contributed by atoms with van der Waals surface area (Å²) in [5.41, 5.74) is 2.06. The van der Waals surface area contributed by atoms with Gasteiger partial charge in [-0.1, -0.05) is 12.1 Å². The van der Waals surface area contributed by atoms with Crippen molar-refractivity contribution >= 4 is 11.6 Å². The lowest BCUT2D eigenvalue weighted by Gasteiger charge is -2.36. The van der Waals surface area contributed by atoms with Crippen LogP contribution in [0.5, 0.6) is 5.75 Å². The highest BCUT2D eigenvalue weighted by Crippen LogP contribution is 2.24. The number of halogens is 1. The summed E-state index contributed by atoms with van der Waals surface area (Å²) in [7, 11) is 1.62. The Bertz CT molecular complexity index is 789. The molecule has 0 aliphatic carbocycles. The molecule has 6 heteroatoms. The molecule has 0 aromatic heterocycles. The van der Waals surface area contributed by atoms with E-state index in [4.69, 9.17) is 9.47 Å². The van der Waals surface area contributed by atoms with E-state index in [1.807, 2.05) is 34.9 Å². The molecule has 0 N–H and O–H groups in total. The monoisotopic (exact) mass is 372 g/mol. The molecule has 1 amide bonds. The molecule has 1 aliphatic rings. The van der Waals surface area contributed by atoms with Gasteiger partial charge in [0.05, 0.1) is 18.9 Å². The molecule has 0 unspecified atom stereocenters. The molecule has 1 fully saturated rings. The lowest BCUT2D eigenvalue weighted by molar-refractivity contribution is 0.0746. The number of rotatable bonds is 6. The summed E-state index contributed by atoms with van der Waals surface area (Å²) in [6.45, 7) is 5.19. The first-order valence-electron chi connectivity index (χ1n) is 9.17. The van der Waals surface area contributed by atoms with Crippen LogP contribution >= 0.6 is 0 Å². The van der Waals surface area contributed by atoms with Gasteiger partial charge >= 0.3 is 0 Å². The third-order valence-electron chi connectivity index (χ3n) is 4.67. The first-order chi connectivity index (χ1) is 13.1. The van der Waals surface area contributed by atoms with Gasteiger partial charge in [0.1, 0.15) is 11.6 Å². The maximum atomic E-state index is 14.0. The van der Waals surface area contributed by atoms with Crippen LogP contribution in [0.15, 0.2) is 42.5 Å². The van der Waals surface area contributed by atoms with Gasteiger partial charge in [-0.25, -0.2) is 4.39 Å². The minimum Gasteiger partial charge on any atom is -0.494 e. The van der Waals surface area contributed by atoms with Gasteiger partial charge < -0.3 is 19.3 Å². The van der Waals surface area contributed by atoms with Gasteiger partial charge in [0, 0.05) is 44.4 Å². The maximum absolute atomic E-state index is 14.0. The summed E-state index contributed by atoms with van der Waals surface area (Å²) in [4.78, 5) is 16.7. The van der Waals surface area contributed by atoms with Crippen molar-refractivity contribution in [3.63, 3.8) is 0 Å². The Morgan fingerprint density at radius 3 is 2.52 bits per heavy atom. The molecule has 5 nitrogen and oxygen atoms in total. The van der Waals surface area contributed by atoms with Crippen molar-refractivity contribution in [3.05, 3.63) is 59.4 Å². The molecule has 1 saturated heterocycles. The lowest BCUT2D eigenvalue weighted by atomic mass is 10.1. The van der Waals surface area contributed by atoms with Crippen LogP contribution in [0.2, 0.25) is 0 Å². The van der Waals surface area contributed by atoms with Crippen molar-refractivity contribution in [2.75, 3.05) is 44.8 Å². The second-order valence-electron chi connectivity index (χ2n) is 6.42. The molecule has 144 valence electrons. The smallest absolute Gasteiger partial charge is 0.253 e. The summed E-state index contributed by atoms with van der Waals surface area (Å²) < 4.78 is 24.8. The molecule has 0 bridgehead atoms. The largest absolute Gasteiger partial charge is 0.494 e. The molecular weight excluding hydrogens is 347 g/mol. The van der Waals surface area contributed by atoms with Gasteiger partial charge in [0.15, 0.2) is 0 Å². The molecule has 0 radical (unpaired) electrons. The average Bonchev–Trinajstić information content (AvgIpc) is 2.70. The molecule has 0 spiro atoms. The van der Waals surface area contributed by atoms with Crippen LogP contribution in [-0.2, 0) is 11.3 Å². The Kier molecular flexibility index (Phi) is 6.29. The number of piperazine rings is 1. The number of methoxy groups -OCH3 is 1. The average molecular weight is 372 g/mol. The molecule has 1 aliphatic heterocycles. The van der Waals surface area contributed by atoms with Gasteiger partial charge in [-0.15, -0.1) is 0 Å². The van der Waals surface area contributed by atoms with E-state index in [1.165, 1.54) is 6.07 Å². The second kappa shape index (κ2) is 8.86. The van der Waals surface area contributed by atoms with Gasteiger partial charge in [0.25, 0.3) is 5.91 Å². The van der Waals surface area contributed by atoms with E-state index in [9.17, 15) is 9.18 Å². The van der Waals surface area contributed by atoms with E-state index in [0.29, 0.717) is 50.6 Å². The van der Waals surface area contributed by atoms with Crippen molar-refractivity contribution < 1.29 is 18.7 Å². The Labute approximate surface area is 159 Å². The number of ether oxygens (including phenoxy) is 2. The van der Waals surface area contributed by atoms with Crippen molar-refractivity contribution in [1.29, 1.82) is 0 Å². The lowest BCUT2D eigenvalue weighted by Crippen LogP contribution is -2.49. The summed E-state index contributed by atoms with van der Waals surface area (Å²) in [6.07, 6.45) is 0. The quantitative estimate of drug-likeness (QED) is 0.780. The van der Waals surface area contributed by atoms with Crippen LogP contribution in [0, 0.1) is 5.82 Å². The fourth-order valence-electron chi connectivity index (χ4n) is 3.32. The number of hydrogen-bond acceptors (Lipinski definition) is 4. The van der Waals surface area contributed by atoms with Crippen LogP contribution in [0.3, 0.4) is 0 Å². The normalized spacial score (nSPS) is 14.3. The van der Waals surface area contributed by atoms with Crippen molar-refractivity contribution in [2.24, 2.45) is 0 Å². The number of nitrogens with zero attached hydrogens (tertiary/aromatic N) is 2. The third kappa shape index (κ3) is 4.39. The van der Waals surface area contributed by atoms with E-state index in [0.717, 1.165) is 11.3 Å². The van der Waals surface area contributed by atoms with Crippen LogP contribution in [0.4, 0.5) is 10.1 Å². The highest BCUT2D eigenvalue weighted by atomic mass is 19.1. The number of para-hydroxylation sites is 1. The van der Waals surface area contributed by atoms with E-state index in [2.05, 4.69) is 0 Å². The molecule has 2 aromatic carbocycles. The van der Waals surface area contributed by atoms with Crippen molar-refractivity contribution in [1.82, 2.24) is 4.90 Å². The highest BCUT2D eigenvalue weighted by Gasteiger charge is 2.24.